The average molecular weight is 362 g/mol. The lowest BCUT2D eigenvalue weighted by Gasteiger charge is -2.13. The molecule has 0 heterocycles. The summed E-state index contributed by atoms with van der Waals surface area (Å²) in [7, 11) is -0.916. The van der Waals surface area contributed by atoms with E-state index in [1.54, 1.807) is 12.1 Å². The normalized spacial score (nSPS) is 10.6. The molecular weight excluding hydrogens is 344 g/mol. The number of amides is 1. The molecule has 0 saturated carbocycles. The van der Waals surface area contributed by atoms with Gasteiger partial charge in [-0.2, -0.15) is 0 Å². The molecule has 8 heteroatoms. The van der Waals surface area contributed by atoms with Crippen molar-refractivity contribution in [3.8, 4) is 11.5 Å². The second kappa shape index (κ2) is 7.71. The lowest BCUT2D eigenvalue weighted by Crippen LogP contribution is -2.14. The molecule has 1 amide bonds. The molecule has 0 spiro atoms. The first-order valence-corrected chi connectivity index (χ1v) is 8.66. The van der Waals surface area contributed by atoms with Crippen LogP contribution in [-0.2, 0) is 14.8 Å². The van der Waals surface area contributed by atoms with Crippen LogP contribution in [0.15, 0.2) is 60.0 Å². The van der Waals surface area contributed by atoms with Crippen LogP contribution in [0.1, 0.15) is 0 Å². The van der Waals surface area contributed by atoms with E-state index in [9.17, 15) is 13.2 Å². The van der Waals surface area contributed by atoms with Crippen molar-refractivity contribution < 1.29 is 22.7 Å². The Hall–Kier alpha value is -3.00. The Kier molecular flexibility index (Phi) is 5.66. The van der Waals surface area contributed by atoms with Crippen LogP contribution in [0.2, 0.25) is 0 Å². The molecule has 0 radical (unpaired) electrons. The maximum Gasteiger partial charge on any atom is 0.262 e. The van der Waals surface area contributed by atoms with E-state index in [1.807, 2.05) is 0 Å². The van der Waals surface area contributed by atoms with Gasteiger partial charge in [0.1, 0.15) is 11.5 Å². The molecule has 132 valence electrons. The Morgan fingerprint density at radius 2 is 1.76 bits per heavy atom. The highest BCUT2D eigenvalue weighted by atomic mass is 32.2. The zero-order valence-electron chi connectivity index (χ0n) is 13.8. The molecule has 0 aromatic heterocycles. The van der Waals surface area contributed by atoms with Gasteiger partial charge in [0.2, 0.25) is 5.91 Å². The molecule has 2 N–H and O–H groups in total. The van der Waals surface area contributed by atoms with Crippen LogP contribution in [-0.4, -0.2) is 28.5 Å². The second-order valence-corrected chi connectivity index (χ2v) is 6.57. The number of rotatable bonds is 7. The lowest BCUT2D eigenvalue weighted by atomic mass is 10.3. The molecule has 0 aliphatic rings. The maximum atomic E-state index is 12.5. The van der Waals surface area contributed by atoms with E-state index < -0.39 is 10.0 Å². The molecule has 2 rings (SSSR count). The first-order valence-electron chi connectivity index (χ1n) is 7.18. The quantitative estimate of drug-likeness (QED) is 0.739. The third-order valence-electron chi connectivity index (χ3n) is 3.27. The minimum atomic E-state index is -3.84. The van der Waals surface area contributed by atoms with Crippen LogP contribution in [0.5, 0.6) is 11.5 Å². The number of sulfonamides is 1. The summed E-state index contributed by atoms with van der Waals surface area (Å²) in [5.41, 5.74) is 0.716. The monoisotopic (exact) mass is 362 g/mol. The zero-order valence-corrected chi connectivity index (χ0v) is 14.6. The minimum absolute atomic E-state index is 0.0361. The van der Waals surface area contributed by atoms with Gasteiger partial charge in [0, 0.05) is 11.8 Å². The Bertz CT molecular complexity index is 876. The number of anilines is 2. The van der Waals surface area contributed by atoms with Gasteiger partial charge in [-0.15, -0.1) is 0 Å². The Morgan fingerprint density at radius 3 is 2.32 bits per heavy atom. The number of benzene rings is 2. The fourth-order valence-electron chi connectivity index (χ4n) is 2.01. The van der Waals surface area contributed by atoms with Crippen molar-refractivity contribution in [2.45, 2.75) is 4.90 Å². The van der Waals surface area contributed by atoms with Crippen LogP contribution in [0, 0.1) is 0 Å². The number of hydrogen-bond donors (Lipinski definition) is 2. The second-order valence-electron chi connectivity index (χ2n) is 4.89. The molecule has 25 heavy (non-hydrogen) atoms. The van der Waals surface area contributed by atoms with Crippen molar-refractivity contribution in [1.29, 1.82) is 0 Å². The van der Waals surface area contributed by atoms with Gasteiger partial charge in [0.15, 0.2) is 0 Å². The third kappa shape index (κ3) is 4.51. The summed E-state index contributed by atoms with van der Waals surface area (Å²) >= 11 is 0. The number of hydrogen-bond acceptors (Lipinski definition) is 5. The van der Waals surface area contributed by atoms with Gasteiger partial charge in [-0.3, -0.25) is 9.52 Å². The van der Waals surface area contributed by atoms with E-state index >= 15 is 0 Å². The third-order valence-corrected chi connectivity index (χ3v) is 4.65. The van der Waals surface area contributed by atoms with E-state index in [0.717, 1.165) is 6.08 Å². The molecule has 2 aromatic rings. The van der Waals surface area contributed by atoms with Gasteiger partial charge in [-0.25, -0.2) is 8.42 Å². The van der Waals surface area contributed by atoms with Crippen molar-refractivity contribution in [2.24, 2.45) is 0 Å². The Balaban J connectivity index is 2.27. The van der Waals surface area contributed by atoms with Crippen molar-refractivity contribution in [1.82, 2.24) is 0 Å². The highest BCUT2D eigenvalue weighted by molar-refractivity contribution is 7.92. The molecule has 0 unspecified atom stereocenters. The average Bonchev–Trinajstić information content (AvgIpc) is 2.61. The van der Waals surface area contributed by atoms with Crippen molar-refractivity contribution in [3.63, 3.8) is 0 Å². The molecule has 2 aromatic carbocycles. The summed E-state index contributed by atoms with van der Waals surface area (Å²) < 4.78 is 37.8. The molecule has 0 atom stereocenters. The predicted molar refractivity (Wildman–Crippen MR) is 95.6 cm³/mol. The summed E-state index contributed by atoms with van der Waals surface area (Å²) in [5, 5.41) is 2.54. The number of carbonyl (C=O) groups excluding carboxylic acids is 1. The van der Waals surface area contributed by atoms with Gasteiger partial charge in [0.05, 0.1) is 24.8 Å². The number of ether oxygens (including phenoxy) is 2. The number of nitrogens with one attached hydrogen (secondary N) is 2. The Morgan fingerprint density at radius 1 is 1.08 bits per heavy atom. The first kappa shape index (κ1) is 18.3. The molecule has 0 aliphatic carbocycles. The molecular formula is C17H18N2O5S. The highest BCUT2D eigenvalue weighted by Gasteiger charge is 2.17. The SMILES string of the molecule is C=CC(=O)Nc1ccc(S(=O)(=O)Nc2cc(OC)ccc2OC)cc1. The van der Waals surface area contributed by atoms with Crippen LogP contribution in [0.25, 0.3) is 0 Å². The number of methoxy groups -OCH3 is 2. The summed E-state index contributed by atoms with van der Waals surface area (Å²) in [6.45, 7) is 3.35. The highest BCUT2D eigenvalue weighted by Crippen LogP contribution is 2.31. The largest absolute Gasteiger partial charge is 0.497 e. The van der Waals surface area contributed by atoms with E-state index in [4.69, 9.17) is 9.47 Å². The molecule has 0 aliphatic heterocycles. The van der Waals surface area contributed by atoms with E-state index in [-0.39, 0.29) is 16.5 Å². The zero-order chi connectivity index (χ0) is 18.4. The van der Waals surface area contributed by atoms with Crippen LogP contribution in [0.4, 0.5) is 11.4 Å². The van der Waals surface area contributed by atoms with E-state index in [2.05, 4.69) is 16.6 Å². The summed E-state index contributed by atoms with van der Waals surface area (Å²) in [5.74, 6) is 0.468. The molecule has 7 nitrogen and oxygen atoms in total. The van der Waals surface area contributed by atoms with Crippen LogP contribution < -0.4 is 19.5 Å². The predicted octanol–water partition coefficient (Wildman–Crippen LogP) is 2.63. The minimum Gasteiger partial charge on any atom is -0.497 e. The maximum absolute atomic E-state index is 12.5. The lowest BCUT2D eigenvalue weighted by molar-refractivity contribution is -0.111. The van der Waals surface area contributed by atoms with Gasteiger partial charge in [-0.05, 0) is 42.5 Å². The van der Waals surface area contributed by atoms with E-state index in [1.165, 1.54) is 44.6 Å². The van der Waals surface area contributed by atoms with Crippen molar-refractivity contribution >= 4 is 27.3 Å². The fraction of sp³-hybridized carbons (Fsp3) is 0.118. The molecule has 0 saturated heterocycles. The van der Waals surface area contributed by atoms with Crippen molar-refractivity contribution in [2.75, 3.05) is 24.3 Å². The summed E-state index contributed by atoms with van der Waals surface area (Å²) in [6, 6.07) is 10.5. The van der Waals surface area contributed by atoms with Gasteiger partial charge >= 0.3 is 0 Å². The smallest absolute Gasteiger partial charge is 0.262 e. The van der Waals surface area contributed by atoms with Gasteiger partial charge < -0.3 is 14.8 Å². The molecule has 0 fully saturated rings. The van der Waals surface area contributed by atoms with Crippen molar-refractivity contribution in [3.05, 3.63) is 55.1 Å². The van der Waals surface area contributed by atoms with Crippen LogP contribution >= 0.6 is 0 Å². The molecule has 0 bridgehead atoms. The van der Waals surface area contributed by atoms with Crippen LogP contribution in [0.3, 0.4) is 0 Å². The first-order chi connectivity index (χ1) is 11.9. The summed E-state index contributed by atoms with van der Waals surface area (Å²) in [4.78, 5) is 11.3. The topological polar surface area (TPSA) is 93.7 Å². The van der Waals surface area contributed by atoms with Gasteiger partial charge in [-0.1, -0.05) is 6.58 Å². The Labute approximate surface area is 146 Å². The summed E-state index contributed by atoms with van der Waals surface area (Å²) in [6.07, 6.45) is 1.13. The fourth-order valence-corrected chi connectivity index (χ4v) is 3.07. The van der Waals surface area contributed by atoms with Gasteiger partial charge in [0.25, 0.3) is 10.0 Å². The standard InChI is InChI=1S/C17H18N2O5S/c1-4-17(20)18-12-5-8-14(9-6-12)25(21,22)19-15-11-13(23-2)7-10-16(15)24-3/h4-11,19H,1H2,2-3H3,(H,18,20). The number of carbonyl (C=O) groups is 1. The van der Waals surface area contributed by atoms with E-state index in [0.29, 0.717) is 17.2 Å².